The molecule has 1 heterocycles. The third-order valence-electron chi connectivity index (χ3n) is 4.91. The minimum atomic E-state index is -4.32. The molecule has 3 rings (SSSR count). The third-order valence-corrected chi connectivity index (χ3v) is 4.91. The lowest BCUT2D eigenvalue weighted by Crippen LogP contribution is -2.57. The summed E-state index contributed by atoms with van der Waals surface area (Å²) >= 11 is 0. The molecule has 1 aliphatic heterocycles. The maximum atomic E-state index is 13.3. The summed E-state index contributed by atoms with van der Waals surface area (Å²) in [6.45, 7) is 1.66. The van der Waals surface area contributed by atoms with Crippen LogP contribution in [0, 0.1) is 5.41 Å². The fourth-order valence-corrected chi connectivity index (χ4v) is 3.76. The minimum Gasteiger partial charge on any atom is -0.370 e. The summed E-state index contributed by atoms with van der Waals surface area (Å²) in [6, 6.07) is 4.48. The molecule has 0 aromatic heterocycles. The van der Waals surface area contributed by atoms with Crippen molar-refractivity contribution in [3.8, 4) is 0 Å². The number of alkyl halides is 3. The van der Waals surface area contributed by atoms with Crippen molar-refractivity contribution in [2.75, 3.05) is 18.0 Å². The quantitative estimate of drug-likeness (QED) is 0.896. The van der Waals surface area contributed by atoms with Gasteiger partial charge in [-0.1, -0.05) is 25.3 Å². The van der Waals surface area contributed by atoms with Crippen LogP contribution in [-0.2, 0) is 12.7 Å². The summed E-state index contributed by atoms with van der Waals surface area (Å²) in [5.41, 5.74) is 6.03. The second kappa shape index (κ2) is 5.20. The second-order valence-corrected chi connectivity index (χ2v) is 6.47. The van der Waals surface area contributed by atoms with E-state index in [1.54, 1.807) is 12.1 Å². The highest BCUT2D eigenvalue weighted by atomic mass is 19.4. The Labute approximate surface area is 123 Å². The smallest absolute Gasteiger partial charge is 0.370 e. The van der Waals surface area contributed by atoms with Gasteiger partial charge in [0.1, 0.15) is 0 Å². The van der Waals surface area contributed by atoms with Gasteiger partial charge in [-0.25, -0.2) is 0 Å². The molecule has 2 aliphatic rings. The maximum absolute atomic E-state index is 13.3. The standard InChI is InChI=1S/C16H21F3N2/c17-16(18,19)13-8-12(9-20)4-5-14(13)21-10-15(11-21)6-2-1-3-7-15/h4-5,8H,1-3,6-7,9-11,20H2. The van der Waals surface area contributed by atoms with Crippen LogP contribution >= 0.6 is 0 Å². The Morgan fingerprint density at radius 3 is 2.33 bits per heavy atom. The molecule has 2 fully saturated rings. The van der Waals surface area contributed by atoms with E-state index < -0.39 is 11.7 Å². The highest BCUT2D eigenvalue weighted by Gasteiger charge is 2.45. The van der Waals surface area contributed by atoms with Crippen LogP contribution in [0.2, 0.25) is 0 Å². The first-order chi connectivity index (χ1) is 9.93. The first-order valence-electron chi connectivity index (χ1n) is 7.59. The van der Waals surface area contributed by atoms with Crippen molar-refractivity contribution in [1.29, 1.82) is 0 Å². The van der Waals surface area contributed by atoms with Gasteiger partial charge in [-0.3, -0.25) is 0 Å². The lowest BCUT2D eigenvalue weighted by atomic mass is 9.68. The Bertz CT molecular complexity index is 511. The van der Waals surface area contributed by atoms with Gasteiger partial charge in [-0.2, -0.15) is 13.2 Å². The molecule has 1 spiro atoms. The molecule has 0 unspecified atom stereocenters. The Morgan fingerprint density at radius 1 is 1.10 bits per heavy atom. The van der Waals surface area contributed by atoms with E-state index in [4.69, 9.17) is 5.73 Å². The lowest BCUT2D eigenvalue weighted by molar-refractivity contribution is -0.137. The number of anilines is 1. The molecule has 21 heavy (non-hydrogen) atoms. The van der Waals surface area contributed by atoms with Gasteiger partial charge in [0, 0.05) is 30.7 Å². The van der Waals surface area contributed by atoms with Crippen molar-refractivity contribution in [2.24, 2.45) is 11.1 Å². The van der Waals surface area contributed by atoms with Crippen molar-refractivity contribution in [2.45, 2.75) is 44.8 Å². The van der Waals surface area contributed by atoms with E-state index in [-0.39, 0.29) is 12.0 Å². The normalized spacial score (nSPS) is 21.4. The van der Waals surface area contributed by atoms with Gasteiger partial charge in [-0.05, 0) is 30.5 Å². The van der Waals surface area contributed by atoms with E-state index in [9.17, 15) is 13.2 Å². The van der Waals surface area contributed by atoms with Crippen LogP contribution in [0.15, 0.2) is 18.2 Å². The predicted molar refractivity (Wildman–Crippen MR) is 77.1 cm³/mol. The molecule has 5 heteroatoms. The zero-order chi connectivity index (χ0) is 15.1. The van der Waals surface area contributed by atoms with Crippen molar-refractivity contribution < 1.29 is 13.2 Å². The van der Waals surface area contributed by atoms with Crippen LogP contribution in [0.5, 0.6) is 0 Å². The number of benzene rings is 1. The molecular weight excluding hydrogens is 277 g/mol. The second-order valence-electron chi connectivity index (χ2n) is 6.47. The summed E-state index contributed by atoms with van der Waals surface area (Å²) in [7, 11) is 0. The van der Waals surface area contributed by atoms with E-state index in [1.807, 2.05) is 4.90 Å². The van der Waals surface area contributed by atoms with Gasteiger partial charge in [0.25, 0.3) is 0 Å². The molecule has 0 atom stereocenters. The number of nitrogens with two attached hydrogens (primary N) is 1. The molecule has 1 saturated heterocycles. The number of rotatable bonds is 2. The molecule has 2 N–H and O–H groups in total. The average molecular weight is 298 g/mol. The fraction of sp³-hybridized carbons (Fsp3) is 0.625. The molecule has 1 saturated carbocycles. The Balaban J connectivity index is 1.83. The van der Waals surface area contributed by atoms with E-state index in [1.165, 1.54) is 25.3 Å². The highest BCUT2D eigenvalue weighted by molar-refractivity contribution is 5.58. The summed E-state index contributed by atoms with van der Waals surface area (Å²) in [5.74, 6) is 0. The average Bonchev–Trinajstić information content (AvgIpc) is 2.44. The van der Waals surface area contributed by atoms with Crippen molar-refractivity contribution >= 4 is 5.69 Å². The fourth-order valence-electron chi connectivity index (χ4n) is 3.76. The van der Waals surface area contributed by atoms with Crippen LogP contribution in [0.25, 0.3) is 0 Å². The monoisotopic (exact) mass is 298 g/mol. The van der Waals surface area contributed by atoms with E-state index >= 15 is 0 Å². The summed E-state index contributed by atoms with van der Waals surface area (Å²) in [4.78, 5) is 1.88. The van der Waals surface area contributed by atoms with E-state index in [0.717, 1.165) is 25.9 Å². The first kappa shape index (κ1) is 14.7. The van der Waals surface area contributed by atoms with Gasteiger partial charge in [-0.15, -0.1) is 0 Å². The number of halogens is 3. The number of nitrogens with zero attached hydrogens (tertiary/aromatic N) is 1. The molecule has 0 radical (unpaired) electrons. The van der Waals surface area contributed by atoms with Crippen LogP contribution in [0.1, 0.15) is 43.2 Å². The highest BCUT2D eigenvalue weighted by Crippen LogP contribution is 2.48. The molecule has 1 aromatic rings. The summed E-state index contributed by atoms with van der Waals surface area (Å²) in [5, 5.41) is 0. The molecule has 1 aliphatic carbocycles. The van der Waals surface area contributed by atoms with Crippen LogP contribution in [0.4, 0.5) is 18.9 Å². The Morgan fingerprint density at radius 2 is 1.76 bits per heavy atom. The third kappa shape index (κ3) is 2.76. The predicted octanol–water partition coefficient (Wildman–Crippen LogP) is 3.93. The van der Waals surface area contributed by atoms with Crippen LogP contribution < -0.4 is 10.6 Å². The number of hydrogen-bond donors (Lipinski definition) is 1. The van der Waals surface area contributed by atoms with Gasteiger partial charge in [0.2, 0.25) is 0 Å². The summed E-state index contributed by atoms with van der Waals surface area (Å²) < 4.78 is 39.8. The van der Waals surface area contributed by atoms with Crippen molar-refractivity contribution in [1.82, 2.24) is 0 Å². The SMILES string of the molecule is NCc1ccc(N2CC3(CCCCC3)C2)c(C(F)(F)F)c1. The largest absolute Gasteiger partial charge is 0.418 e. The molecule has 0 amide bonds. The van der Waals surface area contributed by atoms with Crippen molar-refractivity contribution in [3.05, 3.63) is 29.3 Å². The maximum Gasteiger partial charge on any atom is 0.418 e. The first-order valence-corrected chi connectivity index (χ1v) is 7.59. The van der Waals surface area contributed by atoms with Gasteiger partial charge < -0.3 is 10.6 Å². The van der Waals surface area contributed by atoms with Gasteiger partial charge in [0.05, 0.1) is 5.56 Å². The Kier molecular flexibility index (Phi) is 3.64. The molecule has 2 nitrogen and oxygen atoms in total. The molecule has 1 aromatic carbocycles. The zero-order valence-electron chi connectivity index (χ0n) is 12.0. The van der Waals surface area contributed by atoms with Gasteiger partial charge >= 0.3 is 6.18 Å². The van der Waals surface area contributed by atoms with E-state index in [2.05, 4.69) is 0 Å². The topological polar surface area (TPSA) is 29.3 Å². The Hall–Kier alpha value is -1.23. The lowest BCUT2D eigenvalue weighted by Gasteiger charge is -2.54. The van der Waals surface area contributed by atoms with Gasteiger partial charge in [0.15, 0.2) is 0 Å². The molecule has 116 valence electrons. The molecule has 0 bridgehead atoms. The van der Waals surface area contributed by atoms with Crippen LogP contribution in [-0.4, -0.2) is 13.1 Å². The zero-order valence-corrected chi connectivity index (χ0v) is 12.0. The summed E-state index contributed by atoms with van der Waals surface area (Å²) in [6.07, 6.45) is 1.69. The van der Waals surface area contributed by atoms with Crippen molar-refractivity contribution in [3.63, 3.8) is 0 Å². The number of hydrogen-bond acceptors (Lipinski definition) is 2. The van der Waals surface area contributed by atoms with E-state index in [0.29, 0.717) is 11.3 Å². The van der Waals surface area contributed by atoms with Crippen LogP contribution in [0.3, 0.4) is 0 Å². The minimum absolute atomic E-state index is 0.132. The molecular formula is C16H21F3N2.